The second-order valence-electron chi connectivity index (χ2n) is 6.48. The normalized spacial score (nSPS) is 12.4. The first-order chi connectivity index (χ1) is 10.6. The van der Waals surface area contributed by atoms with Crippen molar-refractivity contribution in [2.45, 2.75) is 50.8 Å². The molecule has 23 heavy (non-hydrogen) atoms. The Morgan fingerprint density at radius 2 is 1.91 bits per heavy atom. The van der Waals surface area contributed by atoms with Crippen molar-refractivity contribution in [3.63, 3.8) is 0 Å². The van der Waals surface area contributed by atoms with E-state index in [-0.39, 0.29) is 5.03 Å². The number of aromatic nitrogens is 2. The third-order valence-electron chi connectivity index (χ3n) is 3.70. The topological polar surface area (TPSA) is 85.1 Å². The van der Waals surface area contributed by atoms with Crippen molar-refractivity contribution in [1.29, 1.82) is 0 Å². The molecule has 0 saturated heterocycles. The van der Waals surface area contributed by atoms with E-state index in [1.54, 1.807) is 39.1 Å². The molecule has 2 aromatic rings. The van der Waals surface area contributed by atoms with Crippen LogP contribution in [0.4, 0.5) is 5.69 Å². The molecule has 0 unspecified atom stereocenters. The number of nitrogens with one attached hydrogen (secondary N) is 1. The summed E-state index contributed by atoms with van der Waals surface area (Å²) in [5, 5.41) is 7.25. The Morgan fingerprint density at radius 1 is 1.22 bits per heavy atom. The first-order valence-electron chi connectivity index (χ1n) is 7.49. The number of anilines is 1. The van der Waals surface area contributed by atoms with Gasteiger partial charge in [0, 0.05) is 12.1 Å². The van der Waals surface area contributed by atoms with Gasteiger partial charge in [-0.3, -0.25) is 0 Å². The van der Waals surface area contributed by atoms with Crippen molar-refractivity contribution in [2.75, 3.05) is 11.9 Å². The van der Waals surface area contributed by atoms with Crippen LogP contribution in [0.25, 0.3) is 0 Å². The number of rotatable bonds is 5. The summed E-state index contributed by atoms with van der Waals surface area (Å²) >= 11 is 0. The van der Waals surface area contributed by atoms with E-state index in [0.29, 0.717) is 6.54 Å². The lowest BCUT2D eigenvalue weighted by Gasteiger charge is -2.18. The van der Waals surface area contributed by atoms with Gasteiger partial charge in [0.25, 0.3) is 0 Å². The Kier molecular flexibility index (Phi) is 4.79. The van der Waals surface area contributed by atoms with Crippen molar-refractivity contribution in [2.24, 2.45) is 0 Å². The number of pyridine rings is 1. The second-order valence-corrected chi connectivity index (χ2v) is 9.13. The van der Waals surface area contributed by atoms with Crippen LogP contribution in [-0.2, 0) is 16.3 Å². The van der Waals surface area contributed by atoms with E-state index in [4.69, 9.17) is 4.52 Å². The van der Waals surface area contributed by atoms with Crippen LogP contribution in [0.15, 0.2) is 27.9 Å². The molecule has 126 valence electrons. The minimum atomic E-state index is -3.42. The fourth-order valence-electron chi connectivity index (χ4n) is 2.15. The van der Waals surface area contributed by atoms with Gasteiger partial charge in [-0.2, -0.15) is 0 Å². The van der Waals surface area contributed by atoms with Gasteiger partial charge in [0.15, 0.2) is 14.9 Å². The van der Waals surface area contributed by atoms with Crippen LogP contribution in [0.3, 0.4) is 0 Å². The van der Waals surface area contributed by atoms with Crippen molar-refractivity contribution in [1.82, 2.24) is 10.1 Å². The van der Waals surface area contributed by atoms with Gasteiger partial charge in [-0.25, -0.2) is 13.4 Å². The zero-order valence-corrected chi connectivity index (χ0v) is 15.0. The van der Waals surface area contributed by atoms with E-state index in [0.717, 1.165) is 29.1 Å². The monoisotopic (exact) mass is 337 g/mol. The number of sulfone groups is 1. The summed E-state index contributed by atoms with van der Waals surface area (Å²) in [6.07, 6.45) is 2.33. The third-order valence-corrected chi connectivity index (χ3v) is 6.11. The van der Waals surface area contributed by atoms with Crippen molar-refractivity contribution >= 4 is 15.5 Å². The summed E-state index contributed by atoms with van der Waals surface area (Å²) in [4.78, 5) is 4.09. The highest BCUT2D eigenvalue weighted by molar-refractivity contribution is 7.92. The van der Waals surface area contributed by atoms with Crippen LogP contribution in [0, 0.1) is 13.8 Å². The molecular weight excluding hydrogens is 314 g/mol. The molecule has 0 saturated carbocycles. The van der Waals surface area contributed by atoms with E-state index < -0.39 is 14.6 Å². The lowest BCUT2D eigenvalue weighted by Crippen LogP contribution is -2.28. The quantitative estimate of drug-likeness (QED) is 0.903. The minimum Gasteiger partial charge on any atom is -0.383 e. The van der Waals surface area contributed by atoms with Crippen molar-refractivity contribution in [3.05, 3.63) is 35.3 Å². The predicted molar refractivity (Wildman–Crippen MR) is 89.3 cm³/mol. The molecular formula is C16H23N3O3S. The molecule has 0 aliphatic heterocycles. The van der Waals surface area contributed by atoms with Gasteiger partial charge in [0.1, 0.15) is 5.76 Å². The highest BCUT2D eigenvalue weighted by atomic mass is 32.2. The molecule has 0 spiro atoms. The SMILES string of the molecule is Cc1noc(C)c1CCNc1ccc(S(=O)(=O)C(C)(C)C)nc1. The molecule has 0 aliphatic carbocycles. The maximum atomic E-state index is 12.3. The summed E-state index contributed by atoms with van der Waals surface area (Å²) in [5.41, 5.74) is 2.77. The molecule has 2 aromatic heterocycles. The lowest BCUT2D eigenvalue weighted by atomic mass is 10.1. The van der Waals surface area contributed by atoms with E-state index in [2.05, 4.69) is 15.5 Å². The van der Waals surface area contributed by atoms with Crippen LogP contribution >= 0.6 is 0 Å². The fraction of sp³-hybridized carbons (Fsp3) is 0.500. The van der Waals surface area contributed by atoms with Crippen molar-refractivity contribution < 1.29 is 12.9 Å². The van der Waals surface area contributed by atoms with Crippen LogP contribution in [0.5, 0.6) is 0 Å². The van der Waals surface area contributed by atoms with Gasteiger partial charge in [-0.05, 0) is 53.2 Å². The molecule has 0 radical (unpaired) electrons. The largest absolute Gasteiger partial charge is 0.383 e. The third kappa shape index (κ3) is 3.72. The van der Waals surface area contributed by atoms with Crippen molar-refractivity contribution in [3.8, 4) is 0 Å². The predicted octanol–water partition coefficient (Wildman–Crippen LogP) is 2.91. The molecule has 0 aliphatic rings. The zero-order valence-electron chi connectivity index (χ0n) is 14.2. The summed E-state index contributed by atoms with van der Waals surface area (Å²) in [7, 11) is -3.42. The van der Waals surface area contributed by atoms with Crippen LogP contribution in [0.2, 0.25) is 0 Å². The molecule has 2 rings (SSSR count). The molecule has 1 N–H and O–H groups in total. The molecule has 0 fully saturated rings. The fourth-order valence-corrected chi connectivity index (χ4v) is 3.21. The van der Waals surface area contributed by atoms with Crippen LogP contribution in [-0.4, -0.2) is 29.9 Å². The first-order valence-corrected chi connectivity index (χ1v) is 8.97. The molecule has 0 aromatic carbocycles. The standard InChI is InChI=1S/C16H23N3O3S/c1-11-14(12(2)22-19-11)8-9-17-13-6-7-15(18-10-13)23(20,21)16(3,4)5/h6-7,10,17H,8-9H2,1-5H3. The van der Waals surface area contributed by atoms with Gasteiger partial charge < -0.3 is 9.84 Å². The number of nitrogens with zero attached hydrogens (tertiary/aromatic N) is 2. The Hall–Kier alpha value is -1.89. The molecule has 0 atom stereocenters. The van der Waals surface area contributed by atoms with E-state index in [9.17, 15) is 8.42 Å². The van der Waals surface area contributed by atoms with Gasteiger partial charge in [0.2, 0.25) is 0 Å². The second kappa shape index (κ2) is 6.31. The highest BCUT2D eigenvalue weighted by Gasteiger charge is 2.31. The smallest absolute Gasteiger partial charge is 0.200 e. The van der Waals surface area contributed by atoms with Crippen LogP contribution in [0.1, 0.15) is 37.8 Å². The Bertz CT molecular complexity index is 752. The average Bonchev–Trinajstić information content (AvgIpc) is 2.78. The van der Waals surface area contributed by atoms with Gasteiger partial charge >= 0.3 is 0 Å². The minimum absolute atomic E-state index is 0.0984. The Labute approximate surface area is 137 Å². The maximum Gasteiger partial charge on any atom is 0.200 e. The van der Waals surface area contributed by atoms with E-state index in [1.165, 1.54) is 0 Å². The van der Waals surface area contributed by atoms with Gasteiger partial charge in [0.05, 0.1) is 22.3 Å². The molecule has 0 amide bonds. The Balaban J connectivity index is 2.01. The highest BCUT2D eigenvalue weighted by Crippen LogP contribution is 2.23. The summed E-state index contributed by atoms with van der Waals surface area (Å²) in [6, 6.07) is 3.28. The maximum absolute atomic E-state index is 12.3. The number of aryl methyl sites for hydroxylation is 2. The zero-order chi connectivity index (χ0) is 17.3. The van der Waals surface area contributed by atoms with E-state index >= 15 is 0 Å². The molecule has 0 bridgehead atoms. The number of hydrogen-bond donors (Lipinski definition) is 1. The van der Waals surface area contributed by atoms with E-state index in [1.807, 2.05) is 13.8 Å². The summed E-state index contributed by atoms with van der Waals surface area (Å²) in [5.74, 6) is 0.828. The first kappa shape index (κ1) is 17.5. The summed E-state index contributed by atoms with van der Waals surface area (Å²) in [6.45, 7) is 9.50. The van der Waals surface area contributed by atoms with Gasteiger partial charge in [-0.15, -0.1) is 0 Å². The lowest BCUT2D eigenvalue weighted by molar-refractivity contribution is 0.392. The van der Waals surface area contributed by atoms with Crippen LogP contribution < -0.4 is 5.32 Å². The van der Waals surface area contributed by atoms with Gasteiger partial charge in [-0.1, -0.05) is 5.16 Å². The average molecular weight is 337 g/mol. The Morgan fingerprint density at radius 3 is 2.39 bits per heavy atom. The molecule has 6 nitrogen and oxygen atoms in total. The molecule has 7 heteroatoms. The number of hydrogen-bond acceptors (Lipinski definition) is 6. The summed E-state index contributed by atoms with van der Waals surface area (Å²) < 4.78 is 28.9. The molecule has 2 heterocycles.